The maximum Gasteiger partial charge on any atom is 0.416 e. The molecular weight excluding hydrogens is 329 g/mol. The standard InChI is InChI=1S/C19H15F3N2O/c20-19(21,22)13-8-5-12(6-9-13)16-15-10-7-11-3-1-2-4-14(11)17(15)24-18(25)23-16/h1-6,8-9,16H,7,10H2,(H2,23,24,25). The Hall–Kier alpha value is -2.76. The topological polar surface area (TPSA) is 41.1 Å². The molecule has 6 heteroatoms. The van der Waals surface area contributed by atoms with Gasteiger partial charge in [-0.2, -0.15) is 13.2 Å². The molecule has 1 heterocycles. The van der Waals surface area contributed by atoms with Crippen molar-refractivity contribution in [2.75, 3.05) is 0 Å². The summed E-state index contributed by atoms with van der Waals surface area (Å²) in [6.07, 6.45) is -2.79. The molecule has 0 aromatic heterocycles. The predicted molar refractivity (Wildman–Crippen MR) is 87.5 cm³/mol. The summed E-state index contributed by atoms with van der Waals surface area (Å²) in [7, 11) is 0. The molecule has 0 fully saturated rings. The highest BCUT2D eigenvalue weighted by atomic mass is 19.4. The highest BCUT2D eigenvalue weighted by molar-refractivity contribution is 5.91. The van der Waals surface area contributed by atoms with Gasteiger partial charge in [-0.05, 0) is 41.7 Å². The molecule has 1 atom stereocenters. The van der Waals surface area contributed by atoms with Gasteiger partial charge < -0.3 is 10.6 Å². The molecular formula is C19H15F3N2O. The molecule has 0 saturated heterocycles. The van der Waals surface area contributed by atoms with Gasteiger partial charge in [-0.1, -0.05) is 36.4 Å². The highest BCUT2D eigenvalue weighted by Crippen LogP contribution is 2.39. The molecule has 1 unspecified atom stereocenters. The molecule has 2 aromatic carbocycles. The number of urea groups is 1. The van der Waals surface area contributed by atoms with E-state index in [1.165, 1.54) is 12.1 Å². The van der Waals surface area contributed by atoms with E-state index in [0.29, 0.717) is 5.56 Å². The maximum atomic E-state index is 12.8. The second-order valence-corrected chi connectivity index (χ2v) is 6.21. The van der Waals surface area contributed by atoms with E-state index in [1.807, 2.05) is 24.3 Å². The number of carbonyl (C=O) groups excluding carboxylic acids is 1. The molecule has 4 rings (SSSR count). The molecule has 1 aliphatic carbocycles. The molecule has 1 aliphatic heterocycles. The fourth-order valence-corrected chi connectivity index (χ4v) is 3.50. The van der Waals surface area contributed by atoms with Gasteiger partial charge in [-0.15, -0.1) is 0 Å². The average molecular weight is 344 g/mol. The quantitative estimate of drug-likeness (QED) is 0.790. The van der Waals surface area contributed by atoms with Crippen molar-refractivity contribution in [2.24, 2.45) is 0 Å². The lowest BCUT2D eigenvalue weighted by molar-refractivity contribution is -0.137. The SMILES string of the molecule is O=C1NC2=C(CCc3ccccc32)C(c2ccc(C(F)(F)F)cc2)N1. The lowest BCUT2D eigenvalue weighted by Gasteiger charge is -2.34. The van der Waals surface area contributed by atoms with Gasteiger partial charge in [0.1, 0.15) is 0 Å². The van der Waals surface area contributed by atoms with Crippen LogP contribution in [0.1, 0.15) is 34.7 Å². The second-order valence-electron chi connectivity index (χ2n) is 6.21. The van der Waals surface area contributed by atoms with E-state index < -0.39 is 17.8 Å². The van der Waals surface area contributed by atoms with Crippen LogP contribution in [0.5, 0.6) is 0 Å². The number of nitrogens with one attached hydrogen (secondary N) is 2. The molecule has 0 bridgehead atoms. The first-order valence-corrected chi connectivity index (χ1v) is 7.99. The van der Waals surface area contributed by atoms with E-state index in [-0.39, 0.29) is 6.03 Å². The first-order valence-electron chi connectivity index (χ1n) is 7.99. The fraction of sp³-hybridized carbons (Fsp3) is 0.211. The third-order valence-electron chi connectivity index (χ3n) is 4.71. The summed E-state index contributed by atoms with van der Waals surface area (Å²) in [6.45, 7) is 0. The van der Waals surface area contributed by atoms with Crippen LogP contribution < -0.4 is 10.6 Å². The molecule has 2 N–H and O–H groups in total. The lowest BCUT2D eigenvalue weighted by atomic mass is 9.83. The summed E-state index contributed by atoms with van der Waals surface area (Å²) in [5.41, 5.74) is 3.87. The number of amides is 2. The Bertz CT molecular complexity index is 869. The third-order valence-corrected chi connectivity index (χ3v) is 4.71. The van der Waals surface area contributed by atoms with Crippen molar-refractivity contribution in [1.29, 1.82) is 0 Å². The first kappa shape index (κ1) is 15.7. The normalized spacial score (nSPS) is 19.6. The number of alkyl halides is 3. The first-order chi connectivity index (χ1) is 11.9. The van der Waals surface area contributed by atoms with Crippen LogP contribution in [0.15, 0.2) is 54.1 Å². The third kappa shape index (κ3) is 2.77. The van der Waals surface area contributed by atoms with Gasteiger partial charge in [-0.25, -0.2) is 4.79 Å². The molecule has 2 aromatic rings. The molecule has 0 saturated carbocycles. The van der Waals surface area contributed by atoms with Gasteiger partial charge >= 0.3 is 12.2 Å². The number of aryl methyl sites for hydroxylation is 1. The zero-order valence-corrected chi connectivity index (χ0v) is 13.2. The van der Waals surface area contributed by atoms with Crippen LogP contribution in [0.25, 0.3) is 5.70 Å². The molecule has 0 radical (unpaired) electrons. The minimum absolute atomic E-state index is 0.347. The number of halogens is 3. The van der Waals surface area contributed by atoms with Crippen molar-refractivity contribution in [1.82, 2.24) is 10.6 Å². The monoisotopic (exact) mass is 344 g/mol. The van der Waals surface area contributed by atoms with Crippen molar-refractivity contribution in [3.8, 4) is 0 Å². The van der Waals surface area contributed by atoms with Gasteiger partial charge in [0.25, 0.3) is 0 Å². The van der Waals surface area contributed by atoms with Crippen molar-refractivity contribution >= 4 is 11.7 Å². The zero-order chi connectivity index (χ0) is 17.6. The molecule has 3 nitrogen and oxygen atoms in total. The summed E-state index contributed by atoms with van der Waals surface area (Å²) < 4.78 is 38.3. The van der Waals surface area contributed by atoms with Crippen LogP contribution >= 0.6 is 0 Å². The summed E-state index contributed by atoms with van der Waals surface area (Å²) in [6, 6.07) is 12.1. The van der Waals surface area contributed by atoms with Crippen LogP contribution in [0.3, 0.4) is 0 Å². The predicted octanol–water partition coefficient (Wildman–Crippen LogP) is 4.42. The molecule has 128 valence electrons. The Morgan fingerprint density at radius 3 is 2.40 bits per heavy atom. The largest absolute Gasteiger partial charge is 0.416 e. The number of rotatable bonds is 1. The minimum Gasteiger partial charge on any atom is -0.327 e. The van der Waals surface area contributed by atoms with Crippen LogP contribution in [0.2, 0.25) is 0 Å². The van der Waals surface area contributed by atoms with Gasteiger partial charge in [0.05, 0.1) is 17.3 Å². The Morgan fingerprint density at radius 2 is 1.68 bits per heavy atom. The number of hydrogen-bond acceptors (Lipinski definition) is 1. The second kappa shape index (κ2) is 5.65. The average Bonchev–Trinajstić information content (AvgIpc) is 2.60. The van der Waals surface area contributed by atoms with E-state index in [2.05, 4.69) is 10.6 Å². The maximum absolute atomic E-state index is 12.8. The van der Waals surface area contributed by atoms with E-state index in [9.17, 15) is 18.0 Å². The van der Waals surface area contributed by atoms with Crippen LogP contribution in [0, 0.1) is 0 Å². The number of hydrogen-bond donors (Lipinski definition) is 2. The van der Waals surface area contributed by atoms with E-state index in [0.717, 1.165) is 47.4 Å². The van der Waals surface area contributed by atoms with Gasteiger partial charge in [-0.3, -0.25) is 0 Å². The van der Waals surface area contributed by atoms with Gasteiger partial charge in [0.2, 0.25) is 0 Å². The van der Waals surface area contributed by atoms with E-state index in [4.69, 9.17) is 0 Å². The highest BCUT2D eigenvalue weighted by Gasteiger charge is 2.33. The number of carbonyl (C=O) groups is 1. The Labute approximate surface area is 142 Å². The zero-order valence-electron chi connectivity index (χ0n) is 13.2. The summed E-state index contributed by atoms with van der Waals surface area (Å²) in [4.78, 5) is 12.1. The molecule has 25 heavy (non-hydrogen) atoms. The van der Waals surface area contributed by atoms with Crippen molar-refractivity contribution in [3.63, 3.8) is 0 Å². The van der Waals surface area contributed by atoms with Crippen molar-refractivity contribution < 1.29 is 18.0 Å². The smallest absolute Gasteiger partial charge is 0.327 e. The Morgan fingerprint density at radius 1 is 0.960 bits per heavy atom. The summed E-state index contributed by atoms with van der Waals surface area (Å²) in [5, 5.41) is 5.69. The fourth-order valence-electron chi connectivity index (χ4n) is 3.50. The Balaban J connectivity index is 1.76. The number of benzene rings is 2. The lowest BCUT2D eigenvalue weighted by Crippen LogP contribution is -2.44. The van der Waals surface area contributed by atoms with Crippen LogP contribution in [-0.2, 0) is 12.6 Å². The summed E-state index contributed by atoms with van der Waals surface area (Å²) in [5.74, 6) is 0. The van der Waals surface area contributed by atoms with Crippen molar-refractivity contribution in [2.45, 2.75) is 25.1 Å². The molecule has 2 aliphatic rings. The molecule has 2 amide bonds. The van der Waals surface area contributed by atoms with Crippen molar-refractivity contribution in [3.05, 3.63) is 76.4 Å². The summed E-state index contributed by atoms with van der Waals surface area (Å²) >= 11 is 0. The van der Waals surface area contributed by atoms with E-state index in [1.54, 1.807) is 0 Å². The van der Waals surface area contributed by atoms with Crippen LogP contribution in [-0.4, -0.2) is 6.03 Å². The Kier molecular flexibility index (Phi) is 3.56. The van der Waals surface area contributed by atoms with Crippen LogP contribution in [0.4, 0.5) is 18.0 Å². The van der Waals surface area contributed by atoms with Gasteiger partial charge in [0.15, 0.2) is 0 Å². The number of fused-ring (bicyclic) bond motifs is 2. The minimum atomic E-state index is -4.37. The van der Waals surface area contributed by atoms with E-state index >= 15 is 0 Å². The van der Waals surface area contributed by atoms with Gasteiger partial charge in [0, 0.05) is 5.56 Å². The molecule has 0 spiro atoms.